The van der Waals surface area contributed by atoms with E-state index >= 15 is 0 Å². The van der Waals surface area contributed by atoms with Crippen molar-refractivity contribution in [1.82, 2.24) is 5.32 Å². The summed E-state index contributed by atoms with van der Waals surface area (Å²) >= 11 is 0. The van der Waals surface area contributed by atoms with Gasteiger partial charge in [-0.3, -0.25) is 4.79 Å². The number of nitrogens with one attached hydrogen (secondary N) is 1. The monoisotopic (exact) mass is 216 g/mol. The number of hydrogen-bond donors (Lipinski definition) is 1. The quantitative estimate of drug-likeness (QED) is 0.766. The van der Waals surface area contributed by atoms with Crippen LogP contribution >= 0.6 is 0 Å². The average Bonchev–Trinajstić information content (AvgIpc) is 2.72. The van der Waals surface area contributed by atoms with Gasteiger partial charge in [0.1, 0.15) is 0 Å². The van der Waals surface area contributed by atoms with Crippen molar-refractivity contribution >= 4 is 11.5 Å². The van der Waals surface area contributed by atoms with E-state index in [9.17, 15) is 4.79 Å². The molecule has 3 rings (SSSR count). The number of aryl methyl sites for hydroxylation is 1. The van der Waals surface area contributed by atoms with Crippen molar-refractivity contribution in [1.29, 1.82) is 0 Å². The van der Waals surface area contributed by atoms with Gasteiger partial charge in [-0.1, -0.05) is 0 Å². The highest BCUT2D eigenvalue weighted by Gasteiger charge is 2.20. The van der Waals surface area contributed by atoms with E-state index < -0.39 is 0 Å². The molecule has 1 saturated heterocycles. The summed E-state index contributed by atoms with van der Waals surface area (Å²) in [5, 5.41) is 3.35. The van der Waals surface area contributed by atoms with Crippen molar-refractivity contribution in [3.05, 3.63) is 29.3 Å². The number of rotatable bonds is 1. The maximum absolute atomic E-state index is 11.5. The smallest absolute Gasteiger partial charge is 0.163 e. The molecule has 1 aromatic carbocycles. The predicted molar refractivity (Wildman–Crippen MR) is 64.2 cm³/mol. The zero-order valence-electron chi connectivity index (χ0n) is 9.33. The van der Waals surface area contributed by atoms with E-state index in [0.29, 0.717) is 12.2 Å². The number of piperazine rings is 1. The zero-order chi connectivity index (χ0) is 11.0. The molecule has 0 unspecified atom stereocenters. The zero-order valence-corrected chi connectivity index (χ0v) is 9.33. The lowest BCUT2D eigenvalue weighted by atomic mass is 10.1. The maximum atomic E-state index is 11.5. The van der Waals surface area contributed by atoms with Crippen LogP contribution in [0.1, 0.15) is 22.3 Å². The molecule has 0 amide bonds. The van der Waals surface area contributed by atoms with Gasteiger partial charge >= 0.3 is 0 Å². The third-order valence-electron chi connectivity index (χ3n) is 3.49. The molecule has 3 heteroatoms. The van der Waals surface area contributed by atoms with Gasteiger partial charge in [0.05, 0.1) is 0 Å². The first-order chi connectivity index (χ1) is 7.84. The van der Waals surface area contributed by atoms with Gasteiger partial charge in [0.25, 0.3) is 0 Å². The third-order valence-corrected chi connectivity index (χ3v) is 3.49. The topological polar surface area (TPSA) is 32.3 Å². The Kier molecular flexibility index (Phi) is 2.40. The molecule has 84 valence electrons. The Bertz CT molecular complexity index is 422. The Labute approximate surface area is 95.4 Å². The number of carbonyl (C=O) groups excluding carboxylic acids is 1. The lowest BCUT2D eigenvalue weighted by Gasteiger charge is -2.29. The fourth-order valence-electron chi connectivity index (χ4n) is 2.56. The van der Waals surface area contributed by atoms with E-state index in [-0.39, 0.29) is 0 Å². The van der Waals surface area contributed by atoms with E-state index in [4.69, 9.17) is 0 Å². The van der Waals surface area contributed by atoms with Gasteiger partial charge in [0, 0.05) is 43.9 Å². The average molecular weight is 216 g/mol. The Hall–Kier alpha value is -1.35. The van der Waals surface area contributed by atoms with Crippen molar-refractivity contribution in [2.24, 2.45) is 0 Å². The second-order valence-corrected chi connectivity index (χ2v) is 4.50. The first-order valence-electron chi connectivity index (χ1n) is 5.96. The van der Waals surface area contributed by atoms with E-state index in [1.165, 1.54) is 11.3 Å². The summed E-state index contributed by atoms with van der Waals surface area (Å²) in [7, 11) is 0. The van der Waals surface area contributed by atoms with E-state index in [1.807, 2.05) is 6.07 Å². The Morgan fingerprint density at radius 2 is 1.94 bits per heavy atom. The molecular weight excluding hydrogens is 200 g/mol. The summed E-state index contributed by atoms with van der Waals surface area (Å²) < 4.78 is 0. The molecule has 16 heavy (non-hydrogen) atoms. The summed E-state index contributed by atoms with van der Waals surface area (Å²) in [5.41, 5.74) is 3.45. The molecule has 0 spiro atoms. The molecular formula is C13H16N2O. The van der Waals surface area contributed by atoms with Crippen LogP contribution in [0.2, 0.25) is 0 Å². The van der Waals surface area contributed by atoms with Gasteiger partial charge in [0.15, 0.2) is 5.78 Å². The van der Waals surface area contributed by atoms with Gasteiger partial charge in [-0.05, 0) is 30.2 Å². The third kappa shape index (κ3) is 1.61. The number of nitrogens with zero attached hydrogens (tertiary/aromatic N) is 1. The number of hydrogen-bond acceptors (Lipinski definition) is 3. The molecule has 1 aliphatic heterocycles. The molecule has 2 aliphatic rings. The van der Waals surface area contributed by atoms with Crippen LogP contribution in [-0.4, -0.2) is 32.0 Å². The highest BCUT2D eigenvalue weighted by Crippen LogP contribution is 2.26. The Balaban J connectivity index is 1.89. The van der Waals surface area contributed by atoms with Gasteiger partial charge in [-0.25, -0.2) is 0 Å². The molecule has 0 atom stereocenters. The van der Waals surface area contributed by atoms with E-state index in [0.717, 1.165) is 38.2 Å². The minimum atomic E-state index is 0.307. The van der Waals surface area contributed by atoms with Crippen molar-refractivity contribution in [2.45, 2.75) is 12.8 Å². The van der Waals surface area contributed by atoms with Gasteiger partial charge in [-0.15, -0.1) is 0 Å². The van der Waals surface area contributed by atoms with Crippen LogP contribution in [0.25, 0.3) is 0 Å². The summed E-state index contributed by atoms with van der Waals surface area (Å²) in [4.78, 5) is 13.9. The van der Waals surface area contributed by atoms with E-state index in [1.54, 1.807) is 0 Å². The maximum Gasteiger partial charge on any atom is 0.163 e. The van der Waals surface area contributed by atoms with Crippen LogP contribution < -0.4 is 10.2 Å². The van der Waals surface area contributed by atoms with Gasteiger partial charge < -0.3 is 10.2 Å². The number of Topliss-reactive ketones (excluding diaryl/α,β-unsaturated/α-hetero) is 1. The SMILES string of the molecule is O=C1CCc2cc(N3CCNCC3)ccc21. The summed E-state index contributed by atoms with van der Waals surface area (Å²) in [6.07, 6.45) is 1.62. The highest BCUT2D eigenvalue weighted by atomic mass is 16.1. The molecule has 1 aliphatic carbocycles. The van der Waals surface area contributed by atoms with E-state index in [2.05, 4.69) is 22.3 Å². The largest absolute Gasteiger partial charge is 0.369 e. The highest BCUT2D eigenvalue weighted by molar-refractivity contribution is 6.00. The van der Waals surface area contributed by atoms with Crippen molar-refractivity contribution in [2.75, 3.05) is 31.1 Å². The number of ketones is 1. The molecule has 0 aromatic heterocycles. The van der Waals surface area contributed by atoms with Crippen molar-refractivity contribution in [3.63, 3.8) is 0 Å². The summed E-state index contributed by atoms with van der Waals surface area (Å²) in [6, 6.07) is 6.29. The Morgan fingerprint density at radius 1 is 1.12 bits per heavy atom. The fourth-order valence-corrected chi connectivity index (χ4v) is 2.56. The van der Waals surface area contributed by atoms with Crippen LogP contribution in [0.5, 0.6) is 0 Å². The van der Waals surface area contributed by atoms with Crippen LogP contribution in [0, 0.1) is 0 Å². The number of carbonyl (C=O) groups is 1. The number of benzene rings is 1. The summed E-state index contributed by atoms with van der Waals surface area (Å²) in [6.45, 7) is 4.23. The molecule has 1 N–H and O–H groups in total. The summed E-state index contributed by atoms with van der Waals surface area (Å²) in [5.74, 6) is 0.307. The van der Waals surface area contributed by atoms with Crippen molar-refractivity contribution in [3.8, 4) is 0 Å². The van der Waals surface area contributed by atoms with Crippen LogP contribution in [0.4, 0.5) is 5.69 Å². The normalized spacial score (nSPS) is 20.0. The standard InChI is InChI=1S/C13H16N2O/c16-13-4-1-10-9-11(2-3-12(10)13)15-7-5-14-6-8-15/h2-3,9,14H,1,4-8H2. The second kappa shape index (κ2) is 3.91. The van der Waals surface area contributed by atoms with Gasteiger partial charge in [0.2, 0.25) is 0 Å². The molecule has 1 fully saturated rings. The number of fused-ring (bicyclic) bond motifs is 1. The first kappa shape index (κ1) is 9.85. The fraction of sp³-hybridized carbons (Fsp3) is 0.462. The minimum Gasteiger partial charge on any atom is -0.369 e. The molecule has 1 aromatic rings. The molecule has 1 heterocycles. The molecule has 0 saturated carbocycles. The second-order valence-electron chi connectivity index (χ2n) is 4.50. The predicted octanol–water partition coefficient (Wildman–Crippen LogP) is 1.23. The lowest BCUT2D eigenvalue weighted by Crippen LogP contribution is -2.43. The minimum absolute atomic E-state index is 0.307. The van der Waals surface area contributed by atoms with Gasteiger partial charge in [-0.2, -0.15) is 0 Å². The number of anilines is 1. The first-order valence-corrected chi connectivity index (χ1v) is 5.96. The molecule has 3 nitrogen and oxygen atoms in total. The van der Waals surface area contributed by atoms with Crippen LogP contribution in [-0.2, 0) is 6.42 Å². The lowest BCUT2D eigenvalue weighted by molar-refractivity contribution is 0.0994. The van der Waals surface area contributed by atoms with Crippen molar-refractivity contribution < 1.29 is 4.79 Å². The van der Waals surface area contributed by atoms with Crippen LogP contribution in [0.15, 0.2) is 18.2 Å². The molecule has 0 bridgehead atoms. The Morgan fingerprint density at radius 3 is 2.75 bits per heavy atom. The van der Waals surface area contributed by atoms with Crippen LogP contribution in [0.3, 0.4) is 0 Å². The molecule has 0 radical (unpaired) electrons.